The van der Waals surface area contributed by atoms with Crippen LogP contribution in [0, 0.1) is 50.2 Å². The molecule has 12 rings (SSSR count). The molecule has 4 saturated carbocycles. The highest BCUT2D eigenvalue weighted by atomic mass is 16.8. The standard InChI is InChI=1S/C80H131NO35/c1-9-10-11-12-13-14-15-16-17-18-49(90)81-50-43(29-82)108-71(63(53(50)93)114-68-58(98)55(95)60(37(2)107-68)111-67-59(99)61(41(87)32-104-67)112-72-65(100)79(102,35-85)36-106-72)116-73(101)80-26-25-74(3,4)27-39(80)38-19-20-46-75(5)23-22-48(76(6,34-84)45(75)21-24-77(46,7)78(38,8)28-47(80)89)110-70-64(115-69-57(97)54(94)52(92)44(30-83)109-69)62(42(88)33-105-70)113-66-56(96)51(91)40(86)31-103-66/h19,34,37,39-48,50-72,82-83,85-89,91-100,102H,9-18,20-33,35-36H2,1-8H3,(H,81,90)/t37?,39?,40-,41-,42-,43?,44?,45-,46?,47?,48+,50+,51+,52+,53?,54+,55?,56?,57?,58?,59?,60+,61?,62+,63?,64?,65?,66+,67+,68+,69+,70+,71+,72+,75?,76-,77+,78-,79+,80-/m1/s1. The highest BCUT2D eigenvalue weighted by Crippen LogP contribution is 2.76. The van der Waals surface area contributed by atoms with E-state index in [2.05, 4.69) is 52.9 Å². The van der Waals surface area contributed by atoms with Gasteiger partial charge >= 0.3 is 5.97 Å². The maximum Gasteiger partial charge on any atom is 0.317 e. The zero-order valence-corrected chi connectivity index (χ0v) is 67.7. The van der Waals surface area contributed by atoms with Crippen molar-refractivity contribution in [2.45, 2.75) is 373 Å². The van der Waals surface area contributed by atoms with Crippen LogP contribution in [0.15, 0.2) is 11.6 Å². The third-order valence-corrected chi connectivity index (χ3v) is 29.1. The second kappa shape index (κ2) is 37.1. The summed E-state index contributed by atoms with van der Waals surface area (Å²) in [6, 6.07) is -1.44. The van der Waals surface area contributed by atoms with Gasteiger partial charge in [-0.25, -0.2) is 0 Å². The van der Waals surface area contributed by atoms with Gasteiger partial charge in [-0.15, -0.1) is 0 Å². The largest absolute Gasteiger partial charge is 0.432 e. The summed E-state index contributed by atoms with van der Waals surface area (Å²) in [7, 11) is 0. The Balaban J connectivity index is 0.790. The first-order chi connectivity index (χ1) is 54.8. The number of esters is 1. The molecule has 17 unspecified atom stereocenters. The molecule has 19 N–H and O–H groups in total. The van der Waals surface area contributed by atoms with Crippen molar-refractivity contribution in [3.63, 3.8) is 0 Å². The quantitative estimate of drug-likeness (QED) is 0.0118. The minimum atomic E-state index is -2.11. The van der Waals surface area contributed by atoms with Crippen molar-refractivity contribution in [2.24, 2.45) is 50.2 Å². The van der Waals surface area contributed by atoms with Crippen LogP contribution < -0.4 is 5.32 Å². The van der Waals surface area contributed by atoms with Crippen molar-refractivity contribution in [1.82, 2.24) is 5.32 Å². The van der Waals surface area contributed by atoms with E-state index in [9.17, 15) is 102 Å². The SMILES string of the molecule is CCCCCCCCCCCC(=O)N[C@H]1C(CO)O[C@@H](OC(=O)[C@]23CCC(C)(C)CC2C2=CCC4C5(C)CC[C@H](O[C@@H]6OC[C@@H](O)[C@H](O[C@@H]7OC[C@@H](O)[C@H](O)C7O)C6O[C@@H]6OC(CO)[C@H](O)[C@H](O)C6O)[C@](C)(C=O)[C@@H]5CC[C@]4(C)[C@]2(C)CC3O)C(O[C@@H]2OC(C)[C@H](O[C@@H]3OC[C@@H](O)C(O[C@@H]4OC[C@@](O)(CO)C4O)C3O)C(O)C2O)C1O. The third kappa shape index (κ3) is 17.4. The minimum absolute atomic E-state index is 0.0398. The fourth-order valence-electron chi connectivity index (χ4n) is 21.8. The molecule has 40 atom stereocenters. The highest BCUT2D eigenvalue weighted by molar-refractivity contribution is 5.80. The number of carbonyl (C=O) groups is 3. The lowest BCUT2D eigenvalue weighted by atomic mass is 9.33. The van der Waals surface area contributed by atoms with Crippen molar-refractivity contribution in [1.29, 1.82) is 0 Å². The van der Waals surface area contributed by atoms with Crippen LogP contribution in [0.25, 0.3) is 0 Å². The molecule has 0 aromatic heterocycles. The number of hydrogen-bond acceptors (Lipinski definition) is 35. The van der Waals surface area contributed by atoms with Crippen LogP contribution in [0.5, 0.6) is 0 Å². The second-order valence-electron chi connectivity index (χ2n) is 37.0. The van der Waals surface area contributed by atoms with Crippen molar-refractivity contribution in [2.75, 3.05) is 46.2 Å². The van der Waals surface area contributed by atoms with Gasteiger partial charge in [0.1, 0.15) is 133 Å². The number of carbonyl (C=O) groups excluding carboxylic acids is 3. The number of amides is 1. The van der Waals surface area contributed by atoms with Gasteiger partial charge in [0.25, 0.3) is 0 Å². The summed E-state index contributed by atoms with van der Waals surface area (Å²) in [5.74, 6) is -2.69. The Kier molecular flexibility index (Phi) is 29.5. The molecule has 7 heterocycles. The van der Waals surface area contributed by atoms with Crippen molar-refractivity contribution < 1.29 is 173 Å². The zero-order valence-electron chi connectivity index (χ0n) is 67.7. The van der Waals surface area contributed by atoms with E-state index in [-0.39, 0.29) is 31.6 Å². The molecular formula is C80H131NO35. The fourth-order valence-corrected chi connectivity index (χ4v) is 21.8. The summed E-state index contributed by atoms with van der Waals surface area (Å²) in [4.78, 5) is 44.4. The lowest BCUT2D eigenvalue weighted by Gasteiger charge is -2.71. The summed E-state index contributed by atoms with van der Waals surface area (Å²) in [5.41, 5.74) is -6.70. The predicted molar refractivity (Wildman–Crippen MR) is 395 cm³/mol. The van der Waals surface area contributed by atoms with Crippen LogP contribution in [-0.2, 0) is 80.7 Å². The van der Waals surface area contributed by atoms with E-state index >= 15 is 4.79 Å². The molecule has 36 heteroatoms. The molecule has 36 nitrogen and oxygen atoms in total. The van der Waals surface area contributed by atoms with Crippen molar-refractivity contribution >= 4 is 18.2 Å². The summed E-state index contributed by atoms with van der Waals surface area (Å²) < 4.78 is 85.3. The van der Waals surface area contributed by atoms with Crippen LogP contribution in [0.4, 0.5) is 0 Å². The molecule has 0 bridgehead atoms. The number of rotatable bonds is 29. The van der Waals surface area contributed by atoms with Crippen LogP contribution in [0.3, 0.4) is 0 Å². The van der Waals surface area contributed by atoms with E-state index in [1.165, 1.54) is 13.3 Å². The topological polar surface area (TPSA) is 557 Å². The summed E-state index contributed by atoms with van der Waals surface area (Å²) in [6.07, 6.45) is -35.7. The van der Waals surface area contributed by atoms with Crippen LogP contribution in [0.1, 0.15) is 177 Å². The summed E-state index contributed by atoms with van der Waals surface area (Å²) in [6.45, 7) is 11.5. The van der Waals surface area contributed by atoms with Crippen molar-refractivity contribution in [3.05, 3.63) is 11.6 Å². The molecule has 7 aliphatic heterocycles. The first-order valence-corrected chi connectivity index (χ1v) is 42.0. The Morgan fingerprint density at radius 1 is 0.534 bits per heavy atom. The molecule has 1 amide bonds. The molecule has 0 aromatic rings. The van der Waals surface area contributed by atoms with Crippen LogP contribution >= 0.6 is 0 Å². The van der Waals surface area contributed by atoms with Crippen molar-refractivity contribution in [3.8, 4) is 0 Å². The minimum Gasteiger partial charge on any atom is -0.432 e. The van der Waals surface area contributed by atoms with Crippen LogP contribution in [0.2, 0.25) is 0 Å². The fraction of sp³-hybridized carbons (Fsp3) is 0.938. The van der Waals surface area contributed by atoms with Gasteiger partial charge in [0.2, 0.25) is 12.2 Å². The number of aldehydes is 1. The first kappa shape index (κ1) is 92.3. The van der Waals surface area contributed by atoms with Gasteiger partial charge in [-0.05, 0) is 111 Å². The lowest BCUT2D eigenvalue weighted by molar-refractivity contribution is -0.384. The van der Waals surface area contributed by atoms with Gasteiger partial charge in [0.05, 0.1) is 76.0 Å². The highest BCUT2D eigenvalue weighted by Gasteiger charge is 2.73. The van der Waals surface area contributed by atoms with Gasteiger partial charge in [0.15, 0.2) is 43.8 Å². The molecule has 12 aliphatic rings. The molecule has 666 valence electrons. The Hall–Kier alpha value is -2.89. The number of nitrogens with one attached hydrogen (secondary N) is 1. The van der Waals surface area contributed by atoms with E-state index in [0.717, 1.165) is 56.8 Å². The molecule has 116 heavy (non-hydrogen) atoms. The Morgan fingerprint density at radius 3 is 1.77 bits per heavy atom. The molecule has 0 aromatic carbocycles. The second-order valence-corrected chi connectivity index (χ2v) is 37.0. The molecule has 11 fully saturated rings. The zero-order chi connectivity index (χ0) is 84.3. The number of aliphatic hydroxyl groups is 18. The Labute approximate surface area is 675 Å². The van der Waals surface area contributed by atoms with E-state index in [1.807, 2.05) is 6.92 Å². The Morgan fingerprint density at radius 2 is 1.11 bits per heavy atom. The van der Waals surface area contributed by atoms with E-state index < -0.39 is 299 Å². The maximum absolute atomic E-state index is 16.2. The third-order valence-electron chi connectivity index (χ3n) is 29.1. The van der Waals surface area contributed by atoms with E-state index in [1.54, 1.807) is 0 Å². The normalized spacial score (nSPS) is 50.2. The monoisotopic (exact) mass is 1670 g/mol. The van der Waals surface area contributed by atoms with E-state index in [4.69, 9.17) is 66.3 Å². The molecule has 7 saturated heterocycles. The number of aliphatic hydroxyl groups excluding tert-OH is 17. The summed E-state index contributed by atoms with van der Waals surface area (Å²) >= 11 is 0. The van der Waals surface area contributed by atoms with Gasteiger partial charge in [-0.2, -0.15) is 0 Å². The summed E-state index contributed by atoms with van der Waals surface area (Å²) in [5, 5.41) is 204. The smallest absolute Gasteiger partial charge is 0.317 e. The van der Waals surface area contributed by atoms with Gasteiger partial charge in [0, 0.05) is 6.42 Å². The maximum atomic E-state index is 16.2. The average Bonchev–Trinajstić information content (AvgIpc) is 0.766. The molecule has 0 radical (unpaired) electrons. The first-order valence-electron chi connectivity index (χ1n) is 42.0. The lowest BCUT2D eigenvalue weighted by Crippen LogP contribution is -2.70. The average molecular weight is 1670 g/mol. The number of unbranched alkanes of at least 4 members (excludes halogenated alkanes) is 8. The number of allylic oxidation sites excluding steroid dienone is 2. The van der Waals surface area contributed by atoms with Gasteiger partial charge < -0.3 is 168 Å². The Bertz CT molecular complexity index is 3290. The molecule has 0 spiro atoms. The number of ether oxygens (including phenoxy) is 14. The number of hydrogen-bond donors (Lipinski definition) is 19. The number of fused-ring (bicyclic) bond motifs is 7. The predicted octanol–water partition coefficient (Wildman–Crippen LogP) is -2.78. The van der Waals surface area contributed by atoms with E-state index in [0.29, 0.717) is 44.9 Å². The van der Waals surface area contributed by atoms with Gasteiger partial charge in [-0.1, -0.05) is 111 Å². The molecule has 5 aliphatic carbocycles. The van der Waals surface area contributed by atoms with Gasteiger partial charge in [-0.3, -0.25) is 9.59 Å². The van der Waals surface area contributed by atoms with Crippen LogP contribution in [-0.4, -0.2) is 352 Å². The molecular weight excluding hydrogens is 1530 g/mol.